The van der Waals surface area contributed by atoms with Gasteiger partial charge >= 0.3 is 0 Å². The van der Waals surface area contributed by atoms with E-state index in [4.69, 9.17) is 0 Å². The Morgan fingerprint density at radius 2 is 2.06 bits per heavy atom. The van der Waals surface area contributed by atoms with Crippen molar-refractivity contribution in [3.63, 3.8) is 0 Å². The van der Waals surface area contributed by atoms with Crippen LogP contribution in [0.1, 0.15) is 36.0 Å². The van der Waals surface area contributed by atoms with E-state index in [1.165, 1.54) is 25.0 Å². The number of hydrogen-bond acceptors (Lipinski definition) is 4. The topological polar surface area (TPSA) is 63.4 Å². The Morgan fingerprint density at radius 1 is 1.39 bits per heavy atom. The summed E-state index contributed by atoms with van der Waals surface area (Å²) in [5, 5.41) is 10.7. The summed E-state index contributed by atoms with van der Waals surface area (Å²) in [5.74, 6) is 0. The van der Waals surface area contributed by atoms with Crippen LogP contribution >= 0.6 is 0 Å². The van der Waals surface area contributed by atoms with Gasteiger partial charge in [-0.15, -0.1) is 0 Å². The van der Waals surface area contributed by atoms with Gasteiger partial charge in [-0.25, -0.2) is 0 Å². The first-order valence-electron chi connectivity index (χ1n) is 6.10. The molecule has 0 amide bonds. The van der Waals surface area contributed by atoms with E-state index in [0.717, 1.165) is 18.5 Å². The SMILES string of the molecule is CN(c1ccc([N+](=O)[O-])cc1C=O)C1CCCC1. The highest BCUT2D eigenvalue weighted by Gasteiger charge is 2.22. The summed E-state index contributed by atoms with van der Waals surface area (Å²) in [6, 6.07) is 4.90. The van der Waals surface area contributed by atoms with Gasteiger partial charge in [0.05, 0.1) is 4.92 Å². The predicted molar refractivity (Wildman–Crippen MR) is 69.1 cm³/mol. The van der Waals surface area contributed by atoms with Gasteiger partial charge in [0.1, 0.15) is 0 Å². The maximum absolute atomic E-state index is 11.1. The molecule has 0 heterocycles. The van der Waals surface area contributed by atoms with Gasteiger partial charge in [0, 0.05) is 36.5 Å². The van der Waals surface area contributed by atoms with Crippen LogP contribution in [-0.4, -0.2) is 24.3 Å². The number of carbonyl (C=O) groups excluding carboxylic acids is 1. The quantitative estimate of drug-likeness (QED) is 0.467. The number of benzene rings is 1. The number of anilines is 1. The van der Waals surface area contributed by atoms with Gasteiger partial charge in [0.15, 0.2) is 6.29 Å². The van der Waals surface area contributed by atoms with Crippen LogP contribution in [0.3, 0.4) is 0 Å². The molecular formula is C13H16N2O3. The molecule has 1 aliphatic carbocycles. The highest BCUT2D eigenvalue weighted by Crippen LogP contribution is 2.30. The van der Waals surface area contributed by atoms with Crippen LogP contribution in [0, 0.1) is 10.1 Å². The van der Waals surface area contributed by atoms with Crippen molar-refractivity contribution in [2.24, 2.45) is 0 Å². The predicted octanol–water partition coefficient (Wildman–Crippen LogP) is 2.79. The lowest BCUT2D eigenvalue weighted by atomic mass is 10.1. The van der Waals surface area contributed by atoms with Crippen LogP contribution < -0.4 is 4.90 Å². The normalized spacial score (nSPS) is 15.6. The van der Waals surface area contributed by atoms with Crippen molar-refractivity contribution in [3.05, 3.63) is 33.9 Å². The number of carbonyl (C=O) groups is 1. The molecule has 0 N–H and O–H groups in total. The van der Waals surface area contributed by atoms with Crippen molar-refractivity contribution in [1.29, 1.82) is 0 Å². The lowest BCUT2D eigenvalue weighted by molar-refractivity contribution is -0.384. The highest BCUT2D eigenvalue weighted by atomic mass is 16.6. The Balaban J connectivity index is 2.31. The summed E-state index contributed by atoms with van der Waals surface area (Å²) in [4.78, 5) is 23.3. The molecule has 0 radical (unpaired) electrons. The number of aldehydes is 1. The molecule has 18 heavy (non-hydrogen) atoms. The van der Waals surface area contributed by atoms with E-state index in [1.807, 2.05) is 7.05 Å². The zero-order valence-electron chi connectivity index (χ0n) is 10.3. The van der Waals surface area contributed by atoms with E-state index in [-0.39, 0.29) is 5.69 Å². The van der Waals surface area contributed by atoms with Crippen molar-refractivity contribution < 1.29 is 9.72 Å². The molecule has 0 aromatic heterocycles. The van der Waals surface area contributed by atoms with Crippen molar-refractivity contribution in [2.45, 2.75) is 31.7 Å². The molecule has 1 aliphatic rings. The van der Waals surface area contributed by atoms with Crippen LogP contribution in [0.25, 0.3) is 0 Å². The average molecular weight is 248 g/mol. The third kappa shape index (κ3) is 2.34. The Hall–Kier alpha value is -1.91. The largest absolute Gasteiger partial charge is 0.371 e. The molecular weight excluding hydrogens is 232 g/mol. The number of rotatable bonds is 4. The van der Waals surface area contributed by atoms with Gasteiger partial charge < -0.3 is 4.90 Å². The van der Waals surface area contributed by atoms with Crippen LogP contribution in [0.2, 0.25) is 0 Å². The Labute approximate surface area is 106 Å². The second kappa shape index (κ2) is 5.16. The van der Waals surface area contributed by atoms with Crippen molar-refractivity contribution in [2.75, 3.05) is 11.9 Å². The molecule has 0 unspecified atom stereocenters. The number of non-ortho nitro benzene ring substituents is 1. The second-order valence-electron chi connectivity index (χ2n) is 4.67. The number of nitro groups is 1. The van der Waals surface area contributed by atoms with Crippen LogP contribution in [0.5, 0.6) is 0 Å². The number of nitrogens with zero attached hydrogens (tertiary/aromatic N) is 2. The zero-order valence-corrected chi connectivity index (χ0v) is 10.3. The molecule has 1 aromatic carbocycles. The van der Waals surface area contributed by atoms with Gasteiger partial charge in [0.2, 0.25) is 0 Å². The van der Waals surface area contributed by atoms with Gasteiger partial charge in [-0.3, -0.25) is 14.9 Å². The fraction of sp³-hybridized carbons (Fsp3) is 0.462. The third-order valence-corrected chi connectivity index (χ3v) is 3.60. The molecule has 0 spiro atoms. The lowest BCUT2D eigenvalue weighted by Gasteiger charge is -2.27. The van der Waals surface area contributed by atoms with Crippen molar-refractivity contribution >= 4 is 17.7 Å². The van der Waals surface area contributed by atoms with Gasteiger partial charge in [-0.2, -0.15) is 0 Å². The summed E-state index contributed by atoms with van der Waals surface area (Å²) in [7, 11) is 1.95. The third-order valence-electron chi connectivity index (χ3n) is 3.60. The summed E-state index contributed by atoms with van der Waals surface area (Å²) in [6.07, 6.45) is 5.34. The van der Waals surface area contributed by atoms with E-state index in [0.29, 0.717) is 17.9 Å². The lowest BCUT2D eigenvalue weighted by Crippen LogP contribution is -2.29. The smallest absolute Gasteiger partial charge is 0.270 e. The summed E-state index contributed by atoms with van der Waals surface area (Å²) < 4.78 is 0. The van der Waals surface area contributed by atoms with Crippen molar-refractivity contribution in [3.8, 4) is 0 Å². The molecule has 2 rings (SSSR count). The van der Waals surface area contributed by atoms with E-state index in [1.54, 1.807) is 6.07 Å². The maximum atomic E-state index is 11.1. The van der Waals surface area contributed by atoms with Crippen LogP contribution in [0.15, 0.2) is 18.2 Å². The van der Waals surface area contributed by atoms with Gasteiger partial charge in [0.25, 0.3) is 5.69 Å². The Bertz CT molecular complexity index is 467. The Morgan fingerprint density at radius 3 is 2.61 bits per heavy atom. The highest BCUT2D eigenvalue weighted by molar-refractivity contribution is 5.86. The molecule has 0 atom stereocenters. The molecule has 96 valence electrons. The Kier molecular flexibility index (Phi) is 3.60. The molecule has 5 heteroatoms. The number of hydrogen-bond donors (Lipinski definition) is 0. The molecule has 0 aliphatic heterocycles. The fourth-order valence-electron chi connectivity index (χ4n) is 2.56. The van der Waals surface area contributed by atoms with E-state index < -0.39 is 4.92 Å². The molecule has 1 saturated carbocycles. The van der Waals surface area contributed by atoms with Crippen molar-refractivity contribution in [1.82, 2.24) is 0 Å². The van der Waals surface area contributed by atoms with E-state index in [2.05, 4.69) is 4.90 Å². The first-order valence-corrected chi connectivity index (χ1v) is 6.10. The average Bonchev–Trinajstić information content (AvgIpc) is 2.90. The van der Waals surface area contributed by atoms with Gasteiger partial charge in [-0.05, 0) is 18.9 Å². The summed E-state index contributed by atoms with van der Waals surface area (Å²) in [5.41, 5.74) is 1.13. The second-order valence-corrected chi connectivity index (χ2v) is 4.67. The van der Waals surface area contributed by atoms with Crippen LogP contribution in [-0.2, 0) is 0 Å². The van der Waals surface area contributed by atoms with Gasteiger partial charge in [-0.1, -0.05) is 12.8 Å². The maximum Gasteiger partial charge on any atom is 0.270 e. The summed E-state index contributed by atoms with van der Waals surface area (Å²) in [6.45, 7) is 0. The first kappa shape index (κ1) is 12.5. The van der Waals surface area contributed by atoms with Crippen LogP contribution in [0.4, 0.5) is 11.4 Å². The molecule has 1 fully saturated rings. The minimum Gasteiger partial charge on any atom is -0.371 e. The fourth-order valence-corrected chi connectivity index (χ4v) is 2.56. The standard InChI is InChI=1S/C13H16N2O3/c1-14(11-4-2-3-5-11)13-7-6-12(15(17)18)8-10(13)9-16/h6-9,11H,2-5H2,1H3. The minimum absolute atomic E-state index is 0.0410. The summed E-state index contributed by atoms with van der Waals surface area (Å²) >= 11 is 0. The minimum atomic E-state index is -0.480. The number of nitro benzene ring substituents is 1. The zero-order chi connectivity index (χ0) is 13.1. The molecule has 5 nitrogen and oxygen atoms in total. The van der Waals surface area contributed by atoms with E-state index >= 15 is 0 Å². The van der Waals surface area contributed by atoms with E-state index in [9.17, 15) is 14.9 Å². The monoisotopic (exact) mass is 248 g/mol. The molecule has 1 aromatic rings. The molecule has 0 bridgehead atoms. The first-order chi connectivity index (χ1) is 8.63. The molecule has 0 saturated heterocycles.